The van der Waals surface area contributed by atoms with Gasteiger partial charge >= 0.3 is 6.09 Å². The summed E-state index contributed by atoms with van der Waals surface area (Å²) in [7, 11) is 0. The maximum atomic E-state index is 14.6. The normalized spacial score (nSPS) is 14.1. The number of carbonyl (C=O) groups is 2. The number of hydrogen-bond acceptors (Lipinski definition) is 5. The van der Waals surface area contributed by atoms with Crippen molar-refractivity contribution in [3.05, 3.63) is 65.7 Å². The number of amides is 2. The van der Waals surface area contributed by atoms with Crippen molar-refractivity contribution in [3.63, 3.8) is 0 Å². The van der Waals surface area contributed by atoms with E-state index in [0.717, 1.165) is 43.6 Å². The average molecular weight is 480 g/mol. The number of halogens is 1. The molecular weight excluding hydrogens is 449 g/mol. The van der Waals surface area contributed by atoms with Crippen molar-refractivity contribution in [2.45, 2.75) is 58.7 Å². The number of alkyl carbamates (subject to hydrolysis) is 1. The van der Waals surface area contributed by atoms with Gasteiger partial charge < -0.3 is 19.9 Å². The lowest BCUT2D eigenvalue weighted by molar-refractivity contribution is -0.119. The third-order valence-corrected chi connectivity index (χ3v) is 6.03. The molecule has 0 fully saturated rings. The highest BCUT2D eigenvalue weighted by atomic mass is 19.1. The molecule has 0 unspecified atom stereocenters. The zero-order valence-corrected chi connectivity index (χ0v) is 20.0. The van der Waals surface area contributed by atoms with Crippen LogP contribution in [-0.4, -0.2) is 32.8 Å². The smallest absolute Gasteiger partial charge is 0.408 e. The van der Waals surface area contributed by atoms with Gasteiger partial charge in [-0.25, -0.2) is 9.18 Å². The molecule has 2 amide bonds. The van der Waals surface area contributed by atoms with Gasteiger partial charge in [-0.3, -0.25) is 4.79 Å². The monoisotopic (exact) mass is 479 g/mol. The zero-order chi connectivity index (χ0) is 24.8. The maximum absolute atomic E-state index is 14.6. The Balaban J connectivity index is 1.45. The molecule has 4 rings (SSSR count). The van der Waals surface area contributed by atoms with Gasteiger partial charge in [0.2, 0.25) is 5.91 Å². The van der Waals surface area contributed by atoms with E-state index in [0.29, 0.717) is 11.4 Å². The number of aryl methyl sites for hydroxylation is 1. The second kappa shape index (κ2) is 11.1. The number of hydrogen-bond donors (Lipinski definition) is 2. The van der Waals surface area contributed by atoms with Crippen LogP contribution >= 0.6 is 0 Å². The number of rotatable bonds is 7. The third-order valence-electron chi connectivity index (χ3n) is 6.03. The number of aromatic nitrogens is 3. The van der Waals surface area contributed by atoms with Crippen LogP contribution < -0.4 is 10.6 Å². The Labute approximate surface area is 203 Å². The maximum Gasteiger partial charge on any atom is 0.408 e. The molecule has 1 aliphatic rings. The Morgan fingerprint density at radius 2 is 1.89 bits per heavy atom. The van der Waals surface area contributed by atoms with Crippen LogP contribution in [0.1, 0.15) is 44.5 Å². The largest absolute Gasteiger partial charge is 0.445 e. The van der Waals surface area contributed by atoms with Crippen LogP contribution in [0.3, 0.4) is 0 Å². The highest BCUT2D eigenvalue weighted by Crippen LogP contribution is 2.27. The fourth-order valence-electron chi connectivity index (χ4n) is 4.10. The van der Waals surface area contributed by atoms with Crippen molar-refractivity contribution in [2.75, 3.05) is 5.32 Å². The number of ether oxygens (including phenoxy) is 1. The van der Waals surface area contributed by atoms with Gasteiger partial charge in [-0.15, -0.1) is 10.2 Å². The molecule has 1 aliphatic heterocycles. The summed E-state index contributed by atoms with van der Waals surface area (Å²) in [6, 6.07) is 12.8. The van der Waals surface area contributed by atoms with Gasteiger partial charge in [-0.1, -0.05) is 50.6 Å². The summed E-state index contributed by atoms with van der Waals surface area (Å²) < 4.78 is 21.9. The van der Waals surface area contributed by atoms with Crippen LogP contribution in [0.15, 0.2) is 48.5 Å². The Bertz CT molecular complexity index is 1180. The molecule has 0 saturated heterocycles. The van der Waals surface area contributed by atoms with Crippen LogP contribution in [-0.2, 0) is 29.1 Å². The molecule has 1 aromatic heterocycles. The van der Waals surface area contributed by atoms with Gasteiger partial charge in [0, 0.05) is 18.5 Å². The number of anilines is 1. The van der Waals surface area contributed by atoms with Crippen LogP contribution in [0.4, 0.5) is 14.9 Å². The number of nitrogens with zero attached hydrogens (tertiary/aromatic N) is 3. The van der Waals surface area contributed by atoms with Gasteiger partial charge in [0.25, 0.3) is 0 Å². The molecular formula is C26H30FN5O3. The first kappa shape index (κ1) is 24.4. The minimum absolute atomic E-state index is 0.0172. The summed E-state index contributed by atoms with van der Waals surface area (Å²) in [5.41, 5.74) is 1.51. The molecule has 184 valence electrons. The van der Waals surface area contributed by atoms with E-state index < -0.39 is 23.9 Å². The highest BCUT2D eigenvalue weighted by Gasteiger charge is 2.26. The molecule has 1 atom stereocenters. The van der Waals surface area contributed by atoms with E-state index in [4.69, 9.17) is 4.74 Å². The first-order chi connectivity index (χ1) is 16.9. The molecule has 2 aromatic carbocycles. The van der Waals surface area contributed by atoms with E-state index in [9.17, 15) is 14.0 Å². The lowest BCUT2D eigenvalue weighted by atomic mass is 10.0. The fourth-order valence-corrected chi connectivity index (χ4v) is 4.10. The number of carbonyl (C=O) groups excluding carboxylic acids is 2. The summed E-state index contributed by atoms with van der Waals surface area (Å²) in [5, 5.41) is 13.8. The molecule has 0 saturated carbocycles. The summed E-state index contributed by atoms with van der Waals surface area (Å²) in [4.78, 5) is 25.3. The van der Waals surface area contributed by atoms with E-state index in [1.54, 1.807) is 26.0 Å². The molecule has 0 spiro atoms. The Morgan fingerprint density at radius 3 is 2.66 bits per heavy atom. The van der Waals surface area contributed by atoms with Gasteiger partial charge in [0.05, 0.1) is 5.69 Å². The molecule has 2 heterocycles. The third kappa shape index (κ3) is 6.03. The average Bonchev–Trinajstić information content (AvgIpc) is 3.10. The van der Waals surface area contributed by atoms with Crippen LogP contribution in [0.2, 0.25) is 0 Å². The summed E-state index contributed by atoms with van der Waals surface area (Å²) in [6.45, 7) is 4.47. The van der Waals surface area contributed by atoms with E-state index in [1.807, 2.05) is 30.3 Å². The first-order valence-corrected chi connectivity index (χ1v) is 11.9. The molecule has 0 radical (unpaired) electrons. The van der Waals surface area contributed by atoms with Crippen molar-refractivity contribution in [1.82, 2.24) is 20.1 Å². The van der Waals surface area contributed by atoms with Crippen molar-refractivity contribution in [2.24, 2.45) is 5.92 Å². The molecule has 35 heavy (non-hydrogen) atoms. The predicted molar refractivity (Wildman–Crippen MR) is 130 cm³/mol. The molecule has 0 aliphatic carbocycles. The van der Waals surface area contributed by atoms with Crippen LogP contribution in [0, 0.1) is 11.7 Å². The number of fused-ring (bicyclic) bond motifs is 1. The summed E-state index contributed by atoms with van der Waals surface area (Å²) in [5.74, 6) is 0.211. The Kier molecular flexibility index (Phi) is 7.74. The highest BCUT2D eigenvalue weighted by molar-refractivity contribution is 5.97. The molecule has 2 N–H and O–H groups in total. The minimum atomic E-state index is -0.911. The standard InChI is InChI=1S/C26H30FN5O3/c1-17(2)23(29-26(34)35-16-18-9-5-3-6-10-18)25(33)28-21-15-19(12-13-20(21)27)24-31-30-22-11-7-4-8-14-32(22)24/h3,5-6,9-10,12-13,15,17,23H,4,7-8,11,14,16H2,1-2H3,(H,28,33)(H,29,34)/t23-/m0/s1. The Morgan fingerprint density at radius 1 is 1.09 bits per heavy atom. The van der Waals surface area contributed by atoms with E-state index >= 15 is 0 Å². The first-order valence-electron chi connectivity index (χ1n) is 11.9. The van der Waals surface area contributed by atoms with Crippen LogP contribution in [0.25, 0.3) is 11.4 Å². The van der Waals surface area contributed by atoms with Gasteiger partial charge in [0.15, 0.2) is 5.82 Å². The quantitative estimate of drug-likeness (QED) is 0.512. The second-order valence-corrected chi connectivity index (χ2v) is 9.01. The molecule has 0 bridgehead atoms. The summed E-state index contributed by atoms with van der Waals surface area (Å²) in [6.07, 6.45) is 3.37. The molecule has 9 heteroatoms. The minimum Gasteiger partial charge on any atom is -0.445 e. The van der Waals surface area contributed by atoms with E-state index in [1.165, 1.54) is 6.07 Å². The van der Waals surface area contributed by atoms with Crippen molar-refractivity contribution < 1.29 is 18.7 Å². The summed E-state index contributed by atoms with van der Waals surface area (Å²) >= 11 is 0. The van der Waals surface area contributed by atoms with E-state index in [-0.39, 0.29) is 18.2 Å². The fraction of sp³-hybridized carbons (Fsp3) is 0.385. The van der Waals surface area contributed by atoms with Gasteiger partial charge in [-0.2, -0.15) is 0 Å². The predicted octanol–water partition coefficient (Wildman–Crippen LogP) is 4.70. The second-order valence-electron chi connectivity index (χ2n) is 9.01. The number of nitrogens with one attached hydrogen (secondary N) is 2. The number of benzene rings is 2. The Hall–Kier alpha value is -3.75. The van der Waals surface area contributed by atoms with Crippen molar-refractivity contribution in [3.8, 4) is 11.4 Å². The lowest BCUT2D eigenvalue weighted by Crippen LogP contribution is -2.47. The van der Waals surface area contributed by atoms with E-state index in [2.05, 4.69) is 25.4 Å². The zero-order valence-electron chi connectivity index (χ0n) is 20.0. The van der Waals surface area contributed by atoms with Crippen molar-refractivity contribution >= 4 is 17.7 Å². The lowest BCUT2D eigenvalue weighted by Gasteiger charge is -2.22. The van der Waals surface area contributed by atoms with Gasteiger partial charge in [0.1, 0.15) is 24.3 Å². The SMILES string of the molecule is CC(C)[C@H](NC(=O)OCc1ccccc1)C(=O)Nc1cc(-c2nnc3n2CCCCC3)ccc1F. The topological polar surface area (TPSA) is 98.1 Å². The van der Waals surface area contributed by atoms with Crippen LogP contribution in [0.5, 0.6) is 0 Å². The molecule has 3 aromatic rings. The van der Waals surface area contributed by atoms with Crippen molar-refractivity contribution in [1.29, 1.82) is 0 Å². The van der Waals surface area contributed by atoms with Gasteiger partial charge in [-0.05, 0) is 42.5 Å². The molecule has 8 nitrogen and oxygen atoms in total.